The number of nitrogens with two attached hydrogens (primary N) is 1. The lowest BCUT2D eigenvalue weighted by Crippen LogP contribution is -2.20. The van der Waals surface area contributed by atoms with Crippen LogP contribution in [0.25, 0.3) is 0 Å². The standard InChI is InChI=1S/C18H20ClNO4/c1-10-6-14(7-11(2)16(10)19)24-9-13-8-12(17(20)18(21)22)4-5-15(13)23-3/h4-8,17H,9,20H2,1-3H3,(H,21,22)/t17-/m0/s1. The monoisotopic (exact) mass is 349 g/mol. The van der Waals surface area contributed by atoms with Crippen LogP contribution in [0.4, 0.5) is 0 Å². The van der Waals surface area contributed by atoms with Crippen LogP contribution < -0.4 is 15.2 Å². The molecule has 0 aliphatic carbocycles. The second-order valence-corrected chi connectivity index (χ2v) is 5.92. The molecule has 6 heteroatoms. The molecule has 2 aromatic carbocycles. The molecule has 2 rings (SSSR count). The Kier molecular flexibility index (Phi) is 5.70. The third-order valence-corrected chi connectivity index (χ3v) is 4.33. The quantitative estimate of drug-likeness (QED) is 0.832. The molecular weight excluding hydrogens is 330 g/mol. The fraction of sp³-hybridized carbons (Fsp3) is 0.278. The van der Waals surface area contributed by atoms with E-state index in [2.05, 4.69) is 0 Å². The smallest absolute Gasteiger partial charge is 0.325 e. The van der Waals surface area contributed by atoms with Crippen molar-refractivity contribution in [2.45, 2.75) is 26.5 Å². The highest BCUT2D eigenvalue weighted by atomic mass is 35.5. The van der Waals surface area contributed by atoms with E-state index in [0.717, 1.165) is 16.7 Å². The highest BCUT2D eigenvalue weighted by Gasteiger charge is 2.16. The normalized spacial score (nSPS) is 11.9. The third kappa shape index (κ3) is 3.99. The van der Waals surface area contributed by atoms with Gasteiger partial charge in [-0.15, -0.1) is 0 Å². The van der Waals surface area contributed by atoms with Gasteiger partial charge in [0.25, 0.3) is 0 Å². The van der Waals surface area contributed by atoms with Gasteiger partial charge in [-0.05, 0) is 54.8 Å². The molecule has 0 aliphatic rings. The summed E-state index contributed by atoms with van der Waals surface area (Å²) >= 11 is 6.15. The van der Waals surface area contributed by atoms with Crippen LogP contribution >= 0.6 is 11.6 Å². The lowest BCUT2D eigenvalue weighted by atomic mass is 10.0. The summed E-state index contributed by atoms with van der Waals surface area (Å²) in [5.74, 6) is 0.208. The van der Waals surface area contributed by atoms with E-state index in [4.69, 9.17) is 31.9 Å². The van der Waals surface area contributed by atoms with E-state index >= 15 is 0 Å². The maximum absolute atomic E-state index is 11.1. The SMILES string of the molecule is COc1ccc([C@H](N)C(=O)O)cc1COc1cc(C)c(Cl)c(C)c1. The van der Waals surface area contributed by atoms with Gasteiger partial charge in [0.05, 0.1) is 7.11 Å². The van der Waals surface area contributed by atoms with Crippen LogP contribution in [0.3, 0.4) is 0 Å². The van der Waals surface area contributed by atoms with Crippen molar-refractivity contribution in [1.29, 1.82) is 0 Å². The molecule has 0 fully saturated rings. The first-order valence-electron chi connectivity index (χ1n) is 7.38. The fourth-order valence-corrected chi connectivity index (χ4v) is 2.51. The van der Waals surface area contributed by atoms with Gasteiger partial charge in [-0.1, -0.05) is 17.7 Å². The van der Waals surface area contributed by atoms with Crippen molar-refractivity contribution in [2.75, 3.05) is 7.11 Å². The van der Waals surface area contributed by atoms with Crippen molar-refractivity contribution in [3.8, 4) is 11.5 Å². The van der Waals surface area contributed by atoms with Gasteiger partial charge >= 0.3 is 5.97 Å². The minimum absolute atomic E-state index is 0.226. The zero-order chi connectivity index (χ0) is 17.9. The fourth-order valence-electron chi connectivity index (χ4n) is 2.40. The number of hydrogen-bond donors (Lipinski definition) is 2. The van der Waals surface area contributed by atoms with Crippen molar-refractivity contribution < 1.29 is 19.4 Å². The number of benzene rings is 2. The van der Waals surface area contributed by atoms with Crippen LogP contribution in [-0.2, 0) is 11.4 Å². The first-order chi connectivity index (χ1) is 11.3. The molecule has 24 heavy (non-hydrogen) atoms. The Balaban J connectivity index is 2.25. The summed E-state index contributed by atoms with van der Waals surface area (Å²) in [6.45, 7) is 4.05. The second kappa shape index (κ2) is 7.55. The Morgan fingerprint density at radius 3 is 2.42 bits per heavy atom. The van der Waals surface area contributed by atoms with Crippen molar-refractivity contribution >= 4 is 17.6 Å². The maximum Gasteiger partial charge on any atom is 0.325 e. The summed E-state index contributed by atoms with van der Waals surface area (Å²) in [6.07, 6.45) is 0. The van der Waals surface area contributed by atoms with Crippen molar-refractivity contribution in [3.63, 3.8) is 0 Å². The van der Waals surface area contributed by atoms with Crippen LogP contribution in [-0.4, -0.2) is 18.2 Å². The van der Waals surface area contributed by atoms with Gasteiger partial charge in [-0.3, -0.25) is 4.79 Å². The number of carbonyl (C=O) groups is 1. The molecule has 5 nitrogen and oxygen atoms in total. The van der Waals surface area contributed by atoms with E-state index in [1.807, 2.05) is 26.0 Å². The topological polar surface area (TPSA) is 81.8 Å². The first kappa shape index (κ1) is 18.1. The molecule has 0 heterocycles. The number of halogens is 1. The predicted molar refractivity (Wildman–Crippen MR) is 92.8 cm³/mol. The van der Waals surface area contributed by atoms with E-state index in [9.17, 15) is 4.79 Å². The van der Waals surface area contributed by atoms with Crippen LogP contribution in [0, 0.1) is 13.8 Å². The molecule has 0 aromatic heterocycles. The van der Waals surface area contributed by atoms with Crippen LogP contribution in [0.5, 0.6) is 11.5 Å². The molecular formula is C18H20ClNO4. The van der Waals surface area contributed by atoms with Gasteiger partial charge in [0.15, 0.2) is 0 Å². The number of aryl methyl sites for hydroxylation is 2. The average Bonchev–Trinajstić information content (AvgIpc) is 2.56. The van der Waals surface area contributed by atoms with Gasteiger partial charge < -0.3 is 20.3 Å². The zero-order valence-corrected chi connectivity index (χ0v) is 14.6. The molecule has 2 aromatic rings. The van der Waals surface area contributed by atoms with Gasteiger partial charge in [0.1, 0.15) is 24.1 Å². The number of methoxy groups -OCH3 is 1. The second-order valence-electron chi connectivity index (χ2n) is 5.55. The Morgan fingerprint density at radius 2 is 1.88 bits per heavy atom. The maximum atomic E-state index is 11.1. The van der Waals surface area contributed by atoms with Crippen molar-refractivity contribution in [2.24, 2.45) is 5.73 Å². The van der Waals surface area contributed by atoms with E-state index < -0.39 is 12.0 Å². The number of hydrogen-bond acceptors (Lipinski definition) is 4. The van der Waals surface area contributed by atoms with Crippen molar-refractivity contribution in [1.82, 2.24) is 0 Å². The molecule has 0 bridgehead atoms. The summed E-state index contributed by atoms with van der Waals surface area (Å²) in [7, 11) is 1.55. The Hall–Kier alpha value is -2.24. The number of rotatable bonds is 6. The third-order valence-electron chi connectivity index (χ3n) is 3.73. The van der Waals surface area contributed by atoms with Crippen LogP contribution in [0.15, 0.2) is 30.3 Å². The van der Waals surface area contributed by atoms with E-state index in [-0.39, 0.29) is 6.61 Å². The number of aliphatic carboxylic acids is 1. The highest BCUT2D eigenvalue weighted by Crippen LogP contribution is 2.28. The molecule has 0 saturated carbocycles. The summed E-state index contributed by atoms with van der Waals surface area (Å²) in [5.41, 5.74) is 8.74. The summed E-state index contributed by atoms with van der Waals surface area (Å²) in [5, 5.41) is 9.76. The number of carboxylic acid groups (broad SMARTS) is 1. The largest absolute Gasteiger partial charge is 0.496 e. The summed E-state index contributed by atoms with van der Waals surface area (Å²) < 4.78 is 11.1. The first-order valence-corrected chi connectivity index (χ1v) is 7.76. The Morgan fingerprint density at radius 1 is 1.25 bits per heavy atom. The van der Waals surface area contributed by atoms with E-state index in [1.165, 1.54) is 0 Å². The Labute approximate surface area is 146 Å². The Bertz CT molecular complexity index is 738. The average molecular weight is 350 g/mol. The molecule has 0 aliphatic heterocycles. The number of ether oxygens (including phenoxy) is 2. The molecule has 0 unspecified atom stereocenters. The van der Waals surface area contributed by atoms with Gasteiger partial charge in [0.2, 0.25) is 0 Å². The highest BCUT2D eigenvalue weighted by molar-refractivity contribution is 6.32. The molecule has 0 saturated heterocycles. The molecule has 1 atom stereocenters. The summed E-state index contributed by atoms with van der Waals surface area (Å²) in [6, 6.07) is 7.64. The molecule has 0 amide bonds. The lowest BCUT2D eigenvalue weighted by Gasteiger charge is -2.15. The minimum Gasteiger partial charge on any atom is -0.496 e. The van der Waals surface area contributed by atoms with E-state index in [0.29, 0.717) is 22.1 Å². The van der Waals surface area contributed by atoms with Crippen LogP contribution in [0.2, 0.25) is 5.02 Å². The van der Waals surface area contributed by atoms with E-state index in [1.54, 1.807) is 25.3 Å². The molecule has 128 valence electrons. The zero-order valence-electron chi connectivity index (χ0n) is 13.8. The molecule has 0 spiro atoms. The lowest BCUT2D eigenvalue weighted by molar-refractivity contribution is -0.138. The number of carboxylic acids is 1. The molecule has 3 N–H and O–H groups in total. The summed E-state index contributed by atoms with van der Waals surface area (Å²) in [4.78, 5) is 11.1. The van der Waals surface area contributed by atoms with Crippen molar-refractivity contribution in [3.05, 3.63) is 57.6 Å². The molecule has 0 radical (unpaired) electrons. The van der Waals surface area contributed by atoms with Gasteiger partial charge in [0, 0.05) is 10.6 Å². The van der Waals surface area contributed by atoms with Crippen LogP contribution in [0.1, 0.15) is 28.3 Å². The predicted octanol–water partition coefficient (Wildman–Crippen LogP) is 3.63. The van der Waals surface area contributed by atoms with Gasteiger partial charge in [-0.25, -0.2) is 0 Å². The van der Waals surface area contributed by atoms with Gasteiger partial charge in [-0.2, -0.15) is 0 Å². The minimum atomic E-state index is -1.09.